The Kier molecular flexibility index (Phi) is 11.0. The second kappa shape index (κ2) is 11.2. The smallest absolute Gasteiger partial charge is 0.319 e. The summed E-state index contributed by atoms with van der Waals surface area (Å²) in [4.78, 5) is 23.3. The van der Waals surface area contributed by atoms with Crippen LogP contribution < -0.4 is 0 Å². The lowest BCUT2D eigenvalue weighted by Gasteiger charge is -2.16. The molecule has 0 aromatic rings. The van der Waals surface area contributed by atoms with E-state index in [0.29, 0.717) is 3.53 Å². The van der Waals surface area contributed by atoms with Crippen LogP contribution in [0.15, 0.2) is 0 Å². The van der Waals surface area contributed by atoms with Crippen LogP contribution in [-0.4, -0.2) is 61.6 Å². The van der Waals surface area contributed by atoms with E-state index in [-0.39, 0.29) is 13.2 Å². The van der Waals surface area contributed by atoms with Gasteiger partial charge in [0, 0.05) is 0 Å². The predicted octanol–water partition coefficient (Wildman–Crippen LogP) is 1.36. The summed E-state index contributed by atoms with van der Waals surface area (Å²) in [7, 11) is 0. The van der Waals surface area contributed by atoms with Crippen molar-refractivity contribution >= 4 is 51.2 Å². The Labute approximate surface area is 144 Å². The first-order chi connectivity index (χ1) is 10.2. The minimum atomic E-state index is -0.717. The Morgan fingerprint density at radius 1 is 1.09 bits per heavy atom. The van der Waals surface area contributed by atoms with Crippen molar-refractivity contribution < 1.29 is 29.3 Å². The van der Waals surface area contributed by atoms with Crippen LogP contribution in [0.1, 0.15) is 27.7 Å². The lowest BCUT2D eigenvalue weighted by molar-refractivity contribution is -0.149. The molecule has 6 nitrogen and oxygen atoms in total. The maximum absolute atomic E-state index is 11.7. The van der Waals surface area contributed by atoms with Crippen LogP contribution in [0.25, 0.3) is 0 Å². The molecular formula is C13H22O6S3. The fourth-order valence-electron chi connectivity index (χ4n) is 1.06. The first-order valence-electron chi connectivity index (χ1n) is 6.70. The highest BCUT2D eigenvalue weighted by Crippen LogP contribution is 2.26. The van der Waals surface area contributed by atoms with E-state index in [1.54, 1.807) is 20.8 Å². The van der Waals surface area contributed by atoms with Gasteiger partial charge in [-0.05, 0) is 27.7 Å². The van der Waals surface area contributed by atoms with Crippen LogP contribution in [0.4, 0.5) is 0 Å². The molecule has 0 amide bonds. The molecule has 0 fully saturated rings. The number of carbonyl (C=O) groups excluding carboxylic acids is 2. The van der Waals surface area contributed by atoms with Gasteiger partial charge in [0.15, 0.2) is 0 Å². The standard InChI is InChI=1S/C13H22O6S3/c1-7(15)6-18-11(16)9(3)21-13(20)22-10(4)12(17)19-8(2)5-14/h7-10,14-15H,5-6H2,1-4H3. The molecule has 0 bridgehead atoms. The summed E-state index contributed by atoms with van der Waals surface area (Å²) in [5.41, 5.74) is 0. The number of ether oxygens (including phenoxy) is 2. The molecule has 0 heterocycles. The third-order valence-corrected chi connectivity index (χ3v) is 4.88. The molecule has 0 aliphatic rings. The van der Waals surface area contributed by atoms with Crippen LogP contribution in [0.5, 0.6) is 0 Å². The van der Waals surface area contributed by atoms with E-state index in [1.165, 1.54) is 6.92 Å². The minimum Gasteiger partial charge on any atom is -0.462 e. The maximum Gasteiger partial charge on any atom is 0.319 e. The molecule has 0 aliphatic heterocycles. The molecule has 0 saturated heterocycles. The number of thiocarbonyl (C=S) groups is 1. The summed E-state index contributed by atoms with van der Waals surface area (Å²) in [5, 5.41) is 16.8. The number of hydrogen-bond acceptors (Lipinski definition) is 9. The van der Waals surface area contributed by atoms with Gasteiger partial charge in [-0.1, -0.05) is 35.7 Å². The maximum atomic E-state index is 11.7. The average Bonchev–Trinajstić information content (AvgIpc) is 2.43. The molecule has 0 spiro atoms. The number of carbonyl (C=O) groups is 2. The number of aliphatic hydroxyl groups excluding tert-OH is 2. The fourth-order valence-corrected chi connectivity index (χ4v) is 3.91. The van der Waals surface area contributed by atoms with Crippen LogP contribution in [-0.2, 0) is 19.1 Å². The van der Waals surface area contributed by atoms with Gasteiger partial charge in [0.25, 0.3) is 0 Å². The summed E-state index contributed by atoms with van der Waals surface area (Å²) >= 11 is 7.36. The zero-order valence-electron chi connectivity index (χ0n) is 13.0. The summed E-state index contributed by atoms with van der Waals surface area (Å²) in [5.74, 6) is -0.947. The molecule has 0 aromatic carbocycles. The molecule has 0 aromatic heterocycles. The summed E-state index contributed by atoms with van der Waals surface area (Å²) in [6, 6.07) is 0. The Morgan fingerprint density at radius 2 is 1.59 bits per heavy atom. The summed E-state index contributed by atoms with van der Waals surface area (Å²) < 4.78 is 10.3. The van der Waals surface area contributed by atoms with Crippen LogP contribution >= 0.6 is 35.7 Å². The molecular weight excluding hydrogens is 348 g/mol. The number of aliphatic hydroxyl groups is 2. The SMILES string of the molecule is CC(O)COC(=O)C(C)SC(=S)SC(C)C(=O)OC(C)CO. The third kappa shape index (κ3) is 9.62. The first kappa shape index (κ1) is 21.6. The van der Waals surface area contributed by atoms with E-state index in [0.717, 1.165) is 23.5 Å². The van der Waals surface area contributed by atoms with Crippen LogP contribution in [0.2, 0.25) is 0 Å². The lowest BCUT2D eigenvalue weighted by Crippen LogP contribution is -2.26. The number of thioether (sulfide) groups is 2. The van der Waals surface area contributed by atoms with Crippen molar-refractivity contribution in [1.29, 1.82) is 0 Å². The minimum absolute atomic E-state index is 0.0641. The van der Waals surface area contributed by atoms with E-state index in [9.17, 15) is 9.59 Å². The van der Waals surface area contributed by atoms with Gasteiger partial charge in [-0.2, -0.15) is 0 Å². The molecule has 0 saturated carbocycles. The summed E-state index contributed by atoms with van der Waals surface area (Å²) in [6.07, 6.45) is -1.28. The largest absolute Gasteiger partial charge is 0.462 e. The molecule has 4 unspecified atom stereocenters. The monoisotopic (exact) mass is 370 g/mol. The lowest BCUT2D eigenvalue weighted by atomic mass is 10.4. The molecule has 0 rings (SSSR count). The van der Waals surface area contributed by atoms with Crippen molar-refractivity contribution in [3.63, 3.8) is 0 Å². The third-order valence-electron chi connectivity index (χ3n) is 2.25. The van der Waals surface area contributed by atoms with Crippen molar-refractivity contribution in [1.82, 2.24) is 0 Å². The Morgan fingerprint density at radius 3 is 2.05 bits per heavy atom. The van der Waals surface area contributed by atoms with E-state index in [4.69, 9.17) is 31.9 Å². The zero-order valence-corrected chi connectivity index (χ0v) is 15.4. The van der Waals surface area contributed by atoms with Crippen LogP contribution in [0.3, 0.4) is 0 Å². The molecule has 0 radical (unpaired) electrons. The van der Waals surface area contributed by atoms with Crippen molar-refractivity contribution in [2.24, 2.45) is 0 Å². The van der Waals surface area contributed by atoms with Gasteiger partial charge in [0.05, 0.1) is 12.7 Å². The second-order valence-electron chi connectivity index (χ2n) is 4.68. The van der Waals surface area contributed by atoms with E-state index in [1.807, 2.05) is 0 Å². The van der Waals surface area contributed by atoms with Gasteiger partial charge in [-0.25, -0.2) is 0 Å². The van der Waals surface area contributed by atoms with Gasteiger partial charge in [-0.3, -0.25) is 9.59 Å². The highest BCUT2D eigenvalue weighted by atomic mass is 32.2. The Hall–Kier alpha value is -0.350. The number of esters is 2. The zero-order chi connectivity index (χ0) is 17.3. The predicted molar refractivity (Wildman–Crippen MR) is 92.0 cm³/mol. The quantitative estimate of drug-likeness (QED) is 0.485. The Bertz CT molecular complexity index is 388. The summed E-state index contributed by atoms with van der Waals surface area (Å²) in [6.45, 7) is 6.08. The molecule has 0 aliphatic carbocycles. The molecule has 4 atom stereocenters. The number of hydrogen-bond donors (Lipinski definition) is 2. The van der Waals surface area contributed by atoms with E-state index < -0.39 is 34.6 Å². The molecule has 9 heteroatoms. The highest BCUT2D eigenvalue weighted by molar-refractivity contribution is 8.47. The number of rotatable bonds is 8. The molecule has 128 valence electrons. The fraction of sp³-hybridized carbons (Fsp3) is 0.769. The van der Waals surface area contributed by atoms with Crippen molar-refractivity contribution in [2.45, 2.75) is 50.4 Å². The average molecular weight is 371 g/mol. The van der Waals surface area contributed by atoms with Gasteiger partial charge >= 0.3 is 11.9 Å². The van der Waals surface area contributed by atoms with Crippen molar-refractivity contribution in [3.8, 4) is 0 Å². The van der Waals surface area contributed by atoms with Gasteiger partial charge in [0.2, 0.25) is 0 Å². The van der Waals surface area contributed by atoms with Crippen molar-refractivity contribution in [2.75, 3.05) is 13.2 Å². The van der Waals surface area contributed by atoms with E-state index >= 15 is 0 Å². The van der Waals surface area contributed by atoms with Crippen LogP contribution in [0, 0.1) is 0 Å². The van der Waals surface area contributed by atoms with Gasteiger partial charge in [-0.15, -0.1) is 0 Å². The molecule has 22 heavy (non-hydrogen) atoms. The Balaban J connectivity index is 4.20. The topological polar surface area (TPSA) is 93.1 Å². The highest BCUT2D eigenvalue weighted by Gasteiger charge is 2.23. The normalized spacial score (nSPS) is 16.3. The van der Waals surface area contributed by atoms with Gasteiger partial charge in [0.1, 0.15) is 26.7 Å². The first-order valence-corrected chi connectivity index (χ1v) is 8.87. The van der Waals surface area contributed by atoms with E-state index in [2.05, 4.69) is 0 Å². The van der Waals surface area contributed by atoms with Gasteiger partial charge < -0.3 is 19.7 Å². The second-order valence-corrected chi connectivity index (χ2v) is 8.56. The molecule has 2 N–H and O–H groups in total. The van der Waals surface area contributed by atoms with Crippen molar-refractivity contribution in [3.05, 3.63) is 0 Å².